The van der Waals surface area contributed by atoms with Gasteiger partial charge in [0.2, 0.25) is 0 Å². The van der Waals surface area contributed by atoms with Crippen molar-refractivity contribution < 1.29 is 9.90 Å². The maximum atomic E-state index is 11.8. The highest BCUT2D eigenvalue weighted by molar-refractivity contribution is 6.29. The molecule has 0 aliphatic carbocycles. The molecule has 1 unspecified atom stereocenters. The second-order valence-corrected chi connectivity index (χ2v) is 4.81. The molecular weight excluding hydrogens is 276 g/mol. The predicted molar refractivity (Wildman–Crippen MR) is 77.7 cm³/mol. The van der Waals surface area contributed by atoms with Gasteiger partial charge in [-0.15, -0.1) is 0 Å². The largest absolute Gasteiger partial charge is 0.391 e. The number of aromatic nitrogens is 1. The van der Waals surface area contributed by atoms with Crippen LogP contribution in [0.15, 0.2) is 48.7 Å². The number of nitrogens with zero attached hydrogens (tertiary/aromatic N) is 1. The summed E-state index contributed by atoms with van der Waals surface area (Å²) in [6, 6.07) is 12.8. The van der Waals surface area contributed by atoms with Crippen molar-refractivity contribution in [2.75, 3.05) is 6.54 Å². The molecule has 0 aliphatic heterocycles. The highest BCUT2D eigenvalue weighted by atomic mass is 35.5. The van der Waals surface area contributed by atoms with Gasteiger partial charge in [0.15, 0.2) is 0 Å². The number of nitrogens with one attached hydrogen (secondary N) is 1. The summed E-state index contributed by atoms with van der Waals surface area (Å²) in [7, 11) is 0. The Kier molecular flexibility index (Phi) is 5.09. The van der Waals surface area contributed by atoms with E-state index in [9.17, 15) is 9.90 Å². The zero-order valence-corrected chi connectivity index (χ0v) is 11.5. The molecule has 20 heavy (non-hydrogen) atoms. The van der Waals surface area contributed by atoms with Gasteiger partial charge in [-0.05, 0) is 17.7 Å². The molecule has 2 rings (SSSR count). The Hall–Kier alpha value is -1.91. The zero-order valence-electron chi connectivity index (χ0n) is 10.8. The summed E-state index contributed by atoms with van der Waals surface area (Å²) >= 11 is 5.65. The number of pyridine rings is 1. The first-order valence-corrected chi connectivity index (χ1v) is 6.64. The minimum absolute atomic E-state index is 0.191. The third-order valence-corrected chi connectivity index (χ3v) is 3.03. The molecule has 2 aromatic rings. The molecule has 0 fully saturated rings. The molecule has 1 heterocycles. The quantitative estimate of drug-likeness (QED) is 0.829. The minimum Gasteiger partial charge on any atom is -0.391 e. The van der Waals surface area contributed by atoms with Crippen LogP contribution in [0.2, 0.25) is 5.15 Å². The monoisotopic (exact) mass is 290 g/mol. The third-order valence-electron chi connectivity index (χ3n) is 2.80. The van der Waals surface area contributed by atoms with Gasteiger partial charge in [-0.1, -0.05) is 41.9 Å². The molecule has 104 valence electrons. The van der Waals surface area contributed by atoms with Gasteiger partial charge in [0.25, 0.3) is 5.91 Å². The zero-order chi connectivity index (χ0) is 14.4. The van der Waals surface area contributed by atoms with Crippen molar-refractivity contribution in [3.8, 4) is 0 Å². The molecule has 0 bridgehead atoms. The van der Waals surface area contributed by atoms with E-state index in [1.165, 1.54) is 6.20 Å². The van der Waals surface area contributed by atoms with E-state index in [0.29, 0.717) is 17.1 Å². The van der Waals surface area contributed by atoms with E-state index in [-0.39, 0.29) is 12.5 Å². The number of halogens is 1. The molecule has 1 aromatic carbocycles. The van der Waals surface area contributed by atoms with Gasteiger partial charge < -0.3 is 10.4 Å². The molecule has 0 saturated heterocycles. The fraction of sp³-hybridized carbons (Fsp3) is 0.200. The number of amides is 1. The summed E-state index contributed by atoms with van der Waals surface area (Å²) < 4.78 is 0. The van der Waals surface area contributed by atoms with Crippen LogP contribution in [0.4, 0.5) is 0 Å². The fourth-order valence-electron chi connectivity index (χ4n) is 1.78. The second-order valence-electron chi connectivity index (χ2n) is 4.42. The van der Waals surface area contributed by atoms with Crippen LogP contribution in [-0.2, 0) is 6.42 Å². The van der Waals surface area contributed by atoms with Crippen LogP contribution in [-0.4, -0.2) is 28.6 Å². The molecule has 5 heteroatoms. The van der Waals surface area contributed by atoms with Crippen LogP contribution in [0, 0.1) is 0 Å². The normalized spacial score (nSPS) is 11.9. The number of carbonyl (C=O) groups excluding carboxylic acids is 1. The standard InChI is InChI=1S/C15H15ClN2O2/c16-14-7-6-12(9-17-14)15(20)18-10-13(19)8-11-4-2-1-3-5-11/h1-7,9,13,19H,8,10H2,(H,18,20). The Balaban J connectivity index is 1.82. The molecule has 4 nitrogen and oxygen atoms in total. The lowest BCUT2D eigenvalue weighted by Gasteiger charge is -2.12. The Bertz CT molecular complexity index is 558. The molecule has 1 atom stereocenters. The summed E-state index contributed by atoms with van der Waals surface area (Å²) in [5.41, 5.74) is 1.45. The lowest BCUT2D eigenvalue weighted by Crippen LogP contribution is -2.33. The summed E-state index contributed by atoms with van der Waals surface area (Å²) in [4.78, 5) is 15.6. The number of carbonyl (C=O) groups is 1. The number of benzene rings is 1. The number of aliphatic hydroxyl groups is 1. The van der Waals surface area contributed by atoms with Gasteiger partial charge in [-0.2, -0.15) is 0 Å². The van der Waals surface area contributed by atoms with Gasteiger partial charge in [0.05, 0.1) is 11.7 Å². The maximum absolute atomic E-state index is 11.8. The minimum atomic E-state index is -0.624. The smallest absolute Gasteiger partial charge is 0.252 e. The molecule has 0 spiro atoms. The van der Waals surface area contributed by atoms with Crippen molar-refractivity contribution in [2.45, 2.75) is 12.5 Å². The third kappa shape index (κ3) is 4.33. The molecule has 1 amide bonds. The van der Waals surface area contributed by atoms with Gasteiger partial charge in [0.1, 0.15) is 5.15 Å². The van der Waals surface area contributed by atoms with Gasteiger partial charge in [0, 0.05) is 19.2 Å². The van der Waals surface area contributed by atoms with Gasteiger partial charge >= 0.3 is 0 Å². The number of hydrogen-bond donors (Lipinski definition) is 2. The van der Waals surface area contributed by atoms with Crippen molar-refractivity contribution in [1.29, 1.82) is 0 Å². The number of rotatable bonds is 5. The van der Waals surface area contributed by atoms with E-state index in [4.69, 9.17) is 11.6 Å². The lowest BCUT2D eigenvalue weighted by atomic mass is 10.1. The highest BCUT2D eigenvalue weighted by Crippen LogP contribution is 2.06. The summed E-state index contributed by atoms with van der Waals surface area (Å²) in [6.45, 7) is 0.191. The Labute approximate surface area is 122 Å². The maximum Gasteiger partial charge on any atom is 0.252 e. The summed E-state index contributed by atoms with van der Waals surface area (Å²) in [5, 5.41) is 12.9. The SMILES string of the molecule is O=C(NCC(O)Cc1ccccc1)c1ccc(Cl)nc1. The van der Waals surface area contributed by atoms with Crippen LogP contribution in [0.5, 0.6) is 0 Å². The van der Waals surface area contributed by atoms with Crippen LogP contribution in [0.25, 0.3) is 0 Å². The molecule has 0 radical (unpaired) electrons. The van der Waals surface area contributed by atoms with Crippen LogP contribution < -0.4 is 5.32 Å². The van der Waals surface area contributed by atoms with Crippen molar-refractivity contribution in [3.05, 3.63) is 64.9 Å². The Morgan fingerprint density at radius 1 is 1.25 bits per heavy atom. The average Bonchev–Trinajstić information content (AvgIpc) is 2.46. The van der Waals surface area contributed by atoms with E-state index >= 15 is 0 Å². The van der Waals surface area contributed by atoms with Gasteiger partial charge in [-0.25, -0.2) is 4.98 Å². The first kappa shape index (κ1) is 14.5. The molecule has 1 aromatic heterocycles. The van der Waals surface area contributed by atoms with Crippen LogP contribution >= 0.6 is 11.6 Å². The lowest BCUT2D eigenvalue weighted by molar-refractivity contribution is 0.0915. The van der Waals surface area contributed by atoms with Crippen molar-refractivity contribution in [3.63, 3.8) is 0 Å². The topological polar surface area (TPSA) is 62.2 Å². The first-order chi connectivity index (χ1) is 9.65. The average molecular weight is 291 g/mol. The predicted octanol–water partition coefficient (Wildman–Crippen LogP) is 2.07. The summed E-state index contributed by atoms with van der Waals surface area (Å²) in [5.74, 6) is -0.277. The Morgan fingerprint density at radius 3 is 2.65 bits per heavy atom. The van der Waals surface area contributed by atoms with E-state index in [1.807, 2.05) is 30.3 Å². The Morgan fingerprint density at radius 2 is 2.00 bits per heavy atom. The van der Waals surface area contributed by atoms with E-state index < -0.39 is 6.10 Å². The van der Waals surface area contributed by atoms with Crippen molar-refractivity contribution in [2.24, 2.45) is 0 Å². The van der Waals surface area contributed by atoms with E-state index in [2.05, 4.69) is 10.3 Å². The molecular formula is C15H15ClN2O2. The summed E-state index contributed by atoms with van der Waals surface area (Å²) in [6.07, 6.45) is 1.28. The second kappa shape index (κ2) is 7.03. The van der Waals surface area contributed by atoms with Gasteiger partial charge in [-0.3, -0.25) is 4.79 Å². The van der Waals surface area contributed by atoms with E-state index in [1.54, 1.807) is 12.1 Å². The van der Waals surface area contributed by atoms with E-state index in [0.717, 1.165) is 5.56 Å². The molecule has 2 N–H and O–H groups in total. The molecule has 0 aliphatic rings. The van der Waals surface area contributed by atoms with Crippen LogP contribution in [0.3, 0.4) is 0 Å². The molecule has 0 saturated carbocycles. The number of hydrogen-bond acceptors (Lipinski definition) is 3. The number of aliphatic hydroxyl groups excluding tert-OH is 1. The van der Waals surface area contributed by atoms with Crippen LogP contribution in [0.1, 0.15) is 15.9 Å². The first-order valence-electron chi connectivity index (χ1n) is 6.27. The van der Waals surface area contributed by atoms with Crippen molar-refractivity contribution >= 4 is 17.5 Å². The highest BCUT2D eigenvalue weighted by Gasteiger charge is 2.10. The fourth-order valence-corrected chi connectivity index (χ4v) is 1.89. The van der Waals surface area contributed by atoms with Crippen molar-refractivity contribution in [1.82, 2.24) is 10.3 Å².